The van der Waals surface area contributed by atoms with Gasteiger partial charge < -0.3 is 24.2 Å². The number of amides is 1. The zero-order valence-electron chi connectivity index (χ0n) is 14.8. The Kier molecular flexibility index (Phi) is 4.88. The average molecular weight is 361 g/mol. The molecule has 1 aliphatic rings. The van der Waals surface area contributed by atoms with Crippen LogP contribution in [0.2, 0.25) is 0 Å². The normalized spacial score (nSPS) is 15.2. The molecule has 0 aliphatic carbocycles. The molecule has 0 bridgehead atoms. The molecule has 0 radical (unpaired) electrons. The van der Waals surface area contributed by atoms with Gasteiger partial charge in [-0.05, 0) is 18.2 Å². The summed E-state index contributed by atoms with van der Waals surface area (Å²) in [6.45, 7) is 0.195. The predicted octanol–water partition coefficient (Wildman–Crippen LogP) is 3.42. The molecular formula is C19H20FNO5. The fourth-order valence-electron chi connectivity index (χ4n) is 3.18. The Labute approximate surface area is 150 Å². The van der Waals surface area contributed by atoms with Crippen LogP contribution in [0.4, 0.5) is 9.18 Å². The minimum absolute atomic E-state index is 0.195. The van der Waals surface area contributed by atoms with Gasteiger partial charge in [-0.2, -0.15) is 0 Å². The maximum atomic E-state index is 14.2. The summed E-state index contributed by atoms with van der Waals surface area (Å²) in [5.74, 6) is 1.17. The standard InChI is InChI=1S/C19H20FNO5/c1-21(19(22)23)10-13-8-11-7-12(20)9-15(17(11)26-13)14-5-4-6-16(24-2)18(14)25-3/h4-7,9,13H,8,10H2,1-3H3,(H,22,23). The minimum Gasteiger partial charge on any atom is -0.493 e. The molecule has 2 aromatic carbocycles. The molecule has 1 aliphatic heterocycles. The van der Waals surface area contributed by atoms with Gasteiger partial charge in [0.1, 0.15) is 17.7 Å². The molecule has 6 nitrogen and oxygen atoms in total. The number of para-hydroxylation sites is 1. The summed E-state index contributed by atoms with van der Waals surface area (Å²) in [4.78, 5) is 12.2. The van der Waals surface area contributed by atoms with Crippen LogP contribution in [0.25, 0.3) is 11.1 Å². The first-order valence-corrected chi connectivity index (χ1v) is 8.09. The number of nitrogens with zero attached hydrogens (tertiary/aromatic N) is 1. The maximum absolute atomic E-state index is 14.2. The number of halogens is 1. The first-order valence-electron chi connectivity index (χ1n) is 8.09. The number of ether oxygens (including phenoxy) is 3. The molecule has 0 saturated carbocycles. The molecule has 1 amide bonds. The summed E-state index contributed by atoms with van der Waals surface area (Å²) in [6.07, 6.45) is -0.974. The van der Waals surface area contributed by atoms with E-state index in [1.807, 2.05) is 0 Å². The van der Waals surface area contributed by atoms with Crippen molar-refractivity contribution < 1.29 is 28.5 Å². The van der Waals surface area contributed by atoms with Crippen molar-refractivity contribution in [2.24, 2.45) is 0 Å². The molecule has 138 valence electrons. The van der Waals surface area contributed by atoms with Crippen molar-refractivity contribution in [1.29, 1.82) is 0 Å². The van der Waals surface area contributed by atoms with Crippen molar-refractivity contribution in [3.63, 3.8) is 0 Å². The van der Waals surface area contributed by atoms with Gasteiger partial charge in [0, 0.05) is 30.2 Å². The largest absolute Gasteiger partial charge is 0.493 e. The number of fused-ring (bicyclic) bond motifs is 1. The Morgan fingerprint density at radius 1 is 1.31 bits per heavy atom. The van der Waals surface area contributed by atoms with E-state index in [0.717, 1.165) is 4.90 Å². The first-order chi connectivity index (χ1) is 12.4. The van der Waals surface area contributed by atoms with Gasteiger partial charge in [0.05, 0.1) is 20.8 Å². The van der Waals surface area contributed by atoms with Crippen LogP contribution in [0.15, 0.2) is 30.3 Å². The zero-order chi connectivity index (χ0) is 18.8. The van der Waals surface area contributed by atoms with Crippen molar-refractivity contribution in [3.8, 4) is 28.4 Å². The van der Waals surface area contributed by atoms with Crippen LogP contribution in [0.5, 0.6) is 17.2 Å². The lowest BCUT2D eigenvalue weighted by molar-refractivity contribution is 0.129. The summed E-state index contributed by atoms with van der Waals surface area (Å²) in [5, 5.41) is 9.04. The lowest BCUT2D eigenvalue weighted by Crippen LogP contribution is -2.35. The van der Waals surface area contributed by atoms with Gasteiger partial charge in [0.25, 0.3) is 0 Å². The van der Waals surface area contributed by atoms with E-state index in [-0.39, 0.29) is 18.5 Å². The summed E-state index contributed by atoms with van der Waals surface area (Å²) in [7, 11) is 4.53. The third-order valence-electron chi connectivity index (χ3n) is 4.36. The number of hydrogen-bond acceptors (Lipinski definition) is 4. The molecule has 3 rings (SSSR count). The highest BCUT2D eigenvalue weighted by atomic mass is 19.1. The SMILES string of the molecule is COc1cccc(-c2cc(F)cc3c2OC(CN(C)C(=O)O)C3)c1OC. The Bertz CT molecular complexity index is 839. The predicted molar refractivity (Wildman–Crippen MR) is 93.7 cm³/mol. The van der Waals surface area contributed by atoms with E-state index in [2.05, 4.69) is 0 Å². The second-order valence-corrected chi connectivity index (χ2v) is 6.09. The topological polar surface area (TPSA) is 68.2 Å². The third-order valence-corrected chi connectivity index (χ3v) is 4.36. The number of carboxylic acid groups (broad SMARTS) is 1. The fraction of sp³-hybridized carbons (Fsp3) is 0.316. The molecule has 1 heterocycles. The average Bonchev–Trinajstić information content (AvgIpc) is 3.01. The monoisotopic (exact) mass is 361 g/mol. The van der Waals surface area contributed by atoms with E-state index in [9.17, 15) is 9.18 Å². The number of likely N-dealkylation sites (N-methyl/N-ethyl adjacent to an activating group) is 1. The highest BCUT2D eigenvalue weighted by Crippen LogP contribution is 2.45. The quantitative estimate of drug-likeness (QED) is 0.884. The molecule has 26 heavy (non-hydrogen) atoms. The number of carbonyl (C=O) groups is 1. The summed E-state index contributed by atoms with van der Waals surface area (Å²) in [5.41, 5.74) is 1.90. The van der Waals surface area contributed by atoms with Crippen molar-refractivity contribution in [3.05, 3.63) is 41.7 Å². The minimum atomic E-state index is -1.04. The molecule has 0 spiro atoms. The molecule has 1 unspecified atom stereocenters. The van der Waals surface area contributed by atoms with Gasteiger partial charge in [0.2, 0.25) is 0 Å². The first kappa shape index (κ1) is 17.8. The zero-order valence-corrected chi connectivity index (χ0v) is 14.8. The van der Waals surface area contributed by atoms with Gasteiger partial charge in [-0.1, -0.05) is 12.1 Å². The molecule has 1 N–H and O–H groups in total. The second-order valence-electron chi connectivity index (χ2n) is 6.09. The van der Waals surface area contributed by atoms with Crippen molar-refractivity contribution in [2.45, 2.75) is 12.5 Å². The second kappa shape index (κ2) is 7.11. The Balaban J connectivity index is 2.02. The van der Waals surface area contributed by atoms with Gasteiger partial charge in [0.15, 0.2) is 11.5 Å². The van der Waals surface area contributed by atoms with E-state index >= 15 is 0 Å². The molecule has 1 atom stereocenters. The Morgan fingerprint density at radius 2 is 2.08 bits per heavy atom. The molecule has 0 aromatic heterocycles. The van der Waals surface area contributed by atoms with Crippen molar-refractivity contribution in [2.75, 3.05) is 27.8 Å². The highest BCUT2D eigenvalue weighted by Gasteiger charge is 2.30. The van der Waals surface area contributed by atoms with Gasteiger partial charge in [-0.15, -0.1) is 0 Å². The summed E-state index contributed by atoms with van der Waals surface area (Å²) < 4.78 is 31.0. The van der Waals surface area contributed by atoms with Crippen LogP contribution in [0.1, 0.15) is 5.56 Å². The number of methoxy groups -OCH3 is 2. The van der Waals surface area contributed by atoms with Crippen molar-refractivity contribution in [1.82, 2.24) is 4.90 Å². The number of rotatable bonds is 5. The number of hydrogen-bond donors (Lipinski definition) is 1. The Hall–Kier alpha value is -2.96. The van der Waals surface area contributed by atoms with Crippen LogP contribution in [-0.4, -0.2) is 50.0 Å². The van der Waals surface area contributed by atoms with E-state index < -0.39 is 6.09 Å². The highest BCUT2D eigenvalue weighted by molar-refractivity contribution is 5.80. The molecule has 0 saturated heterocycles. The van der Waals surface area contributed by atoms with Crippen LogP contribution in [0.3, 0.4) is 0 Å². The molecule has 0 fully saturated rings. The molecular weight excluding hydrogens is 341 g/mol. The fourth-order valence-corrected chi connectivity index (χ4v) is 3.18. The van der Waals surface area contributed by atoms with Gasteiger partial charge in [-0.25, -0.2) is 9.18 Å². The summed E-state index contributed by atoms with van der Waals surface area (Å²) >= 11 is 0. The number of benzene rings is 2. The van der Waals surface area contributed by atoms with Crippen molar-refractivity contribution >= 4 is 6.09 Å². The lowest BCUT2D eigenvalue weighted by Gasteiger charge is -2.19. The lowest BCUT2D eigenvalue weighted by atomic mass is 9.99. The smallest absolute Gasteiger partial charge is 0.407 e. The van der Waals surface area contributed by atoms with E-state index in [0.29, 0.717) is 40.4 Å². The van der Waals surface area contributed by atoms with Crippen LogP contribution in [0, 0.1) is 5.82 Å². The summed E-state index contributed by atoms with van der Waals surface area (Å²) in [6, 6.07) is 8.16. The Morgan fingerprint density at radius 3 is 2.73 bits per heavy atom. The third kappa shape index (κ3) is 3.24. The van der Waals surface area contributed by atoms with Crippen LogP contribution < -0.4 is 14.2 Å². The molecule has 7 heteroatoms. The molecule has 2 aromatic rings. The van der Waals surface area contributed by atoms with Gasteiger partial charge in [-0.3, -0.25) is 0 Å². The van der Waals surface area contributed by atoms with Crippen LogP contribution in [-0.2, 0) is 6.42 Å². The van der Waals surface area contributed by atoms with E-state index in [4.69, 9.17) is 19.3 Å². The van der Waals surface area contributed by atoms with Crippen LogP contribution >= 0.6 is 0 Å². The van der Waals surface area contributed by atoms with Gasteiger partial charge >= 0.3 is 6.09 Å². The van der Waals surface area contributed by atoms with E-state index in [1.54, 1.807) is 18.2 Å². The maximum Gasteiger partial charge on any atom is 0.407 e. The van der Waals surface area contributed by atoms with E-state index in [1.165, 1.54) is 33.4 Å².